The van der Waals surface area contributed by atoms with Crippen molar-refractivity contribution in [1.82, 2.24) is 15.6 Å². The van der Waals surface area contributed by atoms with E-state index in [1.54, 1.807) is 38.5 Å². The molecule has 0 atom stereocenters. The largest absolute Gasteiger partial charge is 0.497 e. The molecule has 2 aromatic rings. The van der Waals surface area contributed by atoms with Crippen molar-refractivity contribution in [2.45, 2.75) is 6.92 Å². The molecule has 1 aromatic carbocycles. The number of H-pyrrole nitrogens is 1. The van der Waals surface area contributed by atoms with Crippen LogP contribution in [0.25, 0.3) is 0 Å². The van der Waals surface area contributed by atoms with Crippen molar-refractivity contribution < 1.29 is 14.3 Å². The van der Waals surface area contributed by atoms with Gasteiger partial charge in [-0.25, -0.2) is 5.43 Å². The minimum atomic E-state index is -0.391. The number of benzene rings is 1. The Morgan fingerprint density at radius 3 is 2.76 bits per heavy atom. The number of hydrogen-bond donors (Lipinski definition) is 2. The number of nitrogens with one attached hydrogen (secondary N) is 2. The van der Waals surface area contributed by atoms with Crippen LogP contribution in [0.15, 0.2) is 29.4 Å². The summed E-state index contributed by atoms with van der Waals surface area (Å²) in [5.41, 5.74) is 4.18. The molecule has 0 aliphatic carbocycles. The second-order valence-electron chi connectivity index (χ2n) is 4.24. The summed E-state index contributed by atoms with van der Waals surface area (Å²) in [6.45, 7) is 1.81. The number of ether oxygens (including phenoxy) is 2. The maximum Gasteiger partial charge on any atom is 0.291 e. The summed E-state index contributed by atoms with van der Waals surface area (Å²) in [7, 11) is 3.13. The molecule has 2 N–H and O–H groups in total. The highest BCUT2D eigenvalue weighted by atomic mass is 16.5. The molecule has 110 valence electrons. The van der Waals surface area contributed by atoms with Crippen LogP contribution in [0, 0.1) is 6.92 Å². The van der Waals surface area contributed by atoms with E-state index in [0.29, 0.717) is 17.1 Å². The lowest BCUT2D eigenvalue weighted by Gasteiger charge is -2.06. The summed E-state index contributed by atoms with van der Waals surface area (Å²) in [6.07, 6.45) is 1.48. The van der Waals surface area contributed by atoms with Crippen LogP contribution in [0.5, 0.6) is 11.5 Å². The molecule has 1 aromatic heterocycles. The zero-order valence-electron chi connectivity index (χ0n) is 12.0. The Kier molecular flexibility index (Phi) is 4.55. The number of carbonyl (C=O) groups is 1. The van der Waals surface area contributed by atoms with E-state index in [2.05, 4.69) is 20.7 Å². The van der Waals surface area contributed by atoms with Crippen LogP contribution in [-0.4, -0.2) is 36.5 Å². The van der Waals surface area contributed by atoms with E-state index in [9.17, 15) is 4.79 Å². The number of methoxy groups -OCH3 is 2. The van der Waals surface area contributed by atoms with E-state index in [0.717, 1.165) is 5.69 Å². The second kappa shape index (κ2) is 6.56. The average Bonchev–Trinajstić information content (AvgIpc) is 2.93. The number of nitrogens with zero attached hydrogens (tertiary/aromatic N) is 2. The van der Waals surface area contributed by atoms with Gasteiger partial charge in [0, 0.05) is 11.3 Å². The van der Waals surface area contributed by atoms with Gasteiger partial charge in [-0.15, -0.1) is 0 Å². The number of carbonyl (C=O) groups excluding carboxylic acids is 1. The topological polar surface area (TPSA) is 88.6 Å². The molecular formula is C14H16N4O3. The van der Waals surface area contributed by atoms with Crippen LogP contribution in [0.1, 0.15) is 21.7 Å². The number of hydrazone groups is 1. The molecule has 1 amide bonds. The van der Waals surface area contributed by atoms with Gasteiger partial charge in [-0.1, -0.05) is 0 Å². The Hall–Kier alpha value is -2.83. The standard InChI is InChI=1S/C14H16N4O3/c1-9-6-12(17-16-9)14(19)18-15-8-10-7-11(20-2)4-5-13(10)21-3/h4-8H,1-3H3,(H,16,17)(H,18,19)/b15-8+. The highest BCUT2D eigenvalue weighted by Gasteiger charge is 2.08. The Labute approximate surface area is 122 Å². The van der Waals surface area contributed by atoms with Crippen LogP contribution in [-0.2, 0) is 0 Å². The van der Waals surface area contributed by atoms with Gasteiger partial charge < -0.3 is 9.47 Å². The molecule has 2 rings (SSSR count). The van der Waals surface area contributed by atoms with Crippen LogP contribution >= 0.6 is 0 Å². The molecular weight excluding hydrogens is 272 g/mol. The highest BCUT2D eigenvalue weighted by molar-refractivity contribution is 5.93. The number of amides is 1. The SMILES string of the molecule is COc1ccc(OC)c(/C=N/NC(=O)c2cc(C)[nH]n2)c1. The molecule has 0 unspecified atom stereocenters. The summed E-state index contributed by atoms with van der Waals surface area (Å²) in [5, 5.41) is 10.4. The molecule has 0 saturated heterocycles. The molecule has 21 heavy (non-hydrogen) atoms. The molecule has 0 aliphatic heterocycles. The minimum absolute atomic E-state index is 0.280. The Bertz CT molecular complexity index is 664. The summed E-state index contributed by atoms with van der Waals surface area (Å²) in [6, 6.07) is 6.94. The van der Waals surface area contributed by atoms with E-state index in [-0.39, 0.29) is 5.69 Å². The molecule has 0 saturated carbocycles. The number of aromatic nitrogens is 2. The van der Waals surface area contributed by atoms with Crippen molar-refractivity contribution in [1.29, 1.82) is 0 Å². The van der Waals surface area contributed by atoms with Gasteiger partial charge in [-0.2, -0.15) is 10.2 Å². The predicted molar refractivity (Wildman–Crippen MR) is 77.9 cm³/mol. The van der Waals surface area contributed by atoms with Gasteiger partial charge >= 0.3 is 0 Å². The van der Waals surface area contributed by atoms with Crippen molar-refractivity contribution in [3.63, 3.8) is 0 Å². The van der Waals surface area contributed by atoms with Crippen molar-refractivity contribution >= 4 is 12.1 Å². The van der Waals surface area contributed by atoms with Gasteiger partial charge in [0.15, 0.2) is 5.69 Å². The van der Waals surface area contributed by atoms with E-state index in [1.807, 2.05) is 6.92 Å². The predicted octanol–water partition coefficient (Wildman–Crippen LogP) is 1.50. The van der Waals surface area contributed by atoms with E-state index >= 15 is 0 Å². The van der Waals surface area contributed by atoms with Crippen molar-refractivity contribution in [2.75, 3.05) is 14.2 Å². The van der Waals surface area contributed by atoms with Crippen LogP contribution in [0.3, 0.4) is 0 Å². The van der Waals surface area contributed by atoms with Gasteiger partial charge in [-0.05, 0) is 31.2 Å². The maximum absolute atomic E-state index is 11.8. The third-order valence-corrected chi connectivity index (χ3v) is 2.75. The number of aromatic amines is 1. The molecule has 7 nitrogen and oxygen atoms in total. The summed E-state index contributed by atoms with van der Waals surface area (Å²) in [4.78, 5) is 11.8. The third-order valence-electron chi connectivity index (χ3n) is 2.75. The Morgan fingerprint density at radius 1 is 1.33 bits per heavy atom. The fourth-order valence-corrected chi connectivity index (χ4v) is 1.69. The zero-order valence-corrected chi connectivity index (χ0v) is 12.0. The maximum atomic E-state index is 11.8. The van der Waals surface area contributed by atoms with E-state index in [1.165, 1.54) is 6.21 Å². The minimum Gasteiger partial charge on any atom is -0.497 e. The summed E-state index contributed by atoms with van der Waals surface area (Å²) in [5.74, 6) is 0.911. The lowest BCUT2D eigenvalue weighted by Crippen LogP contribution is -2.18. The van der Waals surface area contributed by atoms with Crippen molar-refractivity contribution in [3.05, 3.63) is 41.2 Å². The Morgan fingerprint density at radius 2 is 2.14 bits per heavy atom. The quantitative estimate of drug-likeness (QED) is 0.644. The number of aryl methyl sites for hydroxylation is 1. The molecule has 1 heterocycles. The lowest BCUT2D eigenvalue weighted by molar-refractivity contribution is 0.0950. The molecule has 0 radical (unpaired) electrons. The van der Waals surface area contributed by atoms with E-state index < -0.39 is 5.91 Å². The van der Waals surface area contributed by atoms with Crippen molar-refractivity contribution in [3.8, 4) is 11.5 Å². The average molecular weight is 288 g/mol. The fourth-order valence-electron chi connectivity index (χ4n) is 1.69. The smallest absolute Gasteiger partial charge is 0.291 e. The monoisotopic (exact) mass is 288 g/mol. The first kappa shape index (κ1) is 14.6. The third kappa shape index (κ3) is 3.59. The normalized spacial score (nSPS) is 10.6. The second-order valence-corrected chi connectivity index (χ2v) is 4.24. The first-order valence-corrected chi connectivity index (χ1v) is 6.21. The summed E-state index contributed by atoms with van der Waals surface area (Å²) < 4.78 is 10.3. The fraction of sp³-hybridized carbons (Fsp3) is 0.214. The van der Waals surface area contributed by atoms with Gasteiger partial charge in [0.05, 0.1) is 20.4 Å². The molecule has 7 heteroatoms. The number of rotatable bonds is 5. The first-order chi connectivity index (χ1) is 10.1. The summed E-state index contributed by atoms with van der Waals surface area (Å²) >= 11 is 0. The molecule has 0 fully saturated rings. The van der Waals surface area contributed by atoms with Gasteiger partial charge in [0.25, 0.3) is 5.91 Å². The first-order valence-electron chi connectivity index (χ1n) is 6.21. The molecule has 0 aliphatic rings. The van der Waals surface area contributed by atoms with Crippen LogP contribution < -0.4 is 14.9 Å². The number of hydrogen-bond acceptors (Lipinski definition) is 5. The molecule has 0 spiro atoms. The zero-order chi connectivity index (χ0) is 15.2. The molecule has 0 bridgehead atoms. The van der Waals surface area contributed by atoms with Crippen LogP contribution in [0.4, 0.5) is 0 Å². The van der Waals surface area contributed by atoms with Crippen LogP contribution in [0.2, 0.25) is 0 Å². The van der Waals surface area contributed by atoms with E-state index in [4.69, 9.17) is 9.47 Å². The van der Waals surface area contributed by atoms with Crippen molar-refractivity contribution in [2.24, 2.45) is 5.10 Å². The van der Waals surface area contributed by atoms with Gasteiger partial charge in [0.1, 0.15) is 11.5 Å². The van der Waals surface area contributed by atoms with Gasteiger partial charge in [0.2, 0.25) is 0 Å². The Balaban J connectivity index is 2.08. The van der Waals surface area contributed by atoms with Gasteiger partial charge in [-0.3, -0.25) is 9.89 Å². The highest BCUT2D eigenvalue weighted by Crippen LogP contribution is 2.22. The lowest BCUT2D eigenvalue weighted by atomic mass is 10.2.